The first-order valence-corrected chi connectivity index (χ1v) is 7.34. The van der Waals surface area contributed by atoms with E-state index in [1.54, 1.807) is 0 Å². The molecule has 2 heterocycles. The van der Waals surface area contributed by atoms with E-state index in [9.17, 15) is 9.90 Å². The van der Waals surface area contributed by atoms with Crippen LogP contribution in [0.2, 0.25) is 0 Å². The number of anilines is 1. The summed E-state index contributed by atoms with van der Waals surface area (Å²) in [6, 6.07) is 1.47. The van der Waals surface area contributed by atoms with Crippen LogP contribution in [0, 0.1) is 6.92 Å². The molecule has 20 heavy (non-hydrogen) atoms. The van der Waals surface area contributed by atoms with Crippen LogP contribution in [0.25, 0.3) is 0 Å². The fourth-order valence-corrected chi connectivity index (χ4v) is 2.61. The van der Waals surface area contributed by atoms with Crippen LogP contribution < -0.4 is 4.90 Å². The Bertz CT molecular complexity index is 488. The summed E-state index contributed by atoms with van der Waals surface area (Å²) in [5.41, 5.74) is 1.87. The molecule has 0 aliphatic carbocycles. The predicted molar refractivity (Wildman–Crippen MR) is 78.1 cm³/mol. The van der Waals surface area contributed by atoms with Crippen LogP contribution in [0.15, 0.2) is 6.07 Å². The maximum absolute atomic E-state index is 11.5. The van der Waals surface area contributed by atoms with Crippen molar-refractivity contribution >= 4 is 11.9 Å². The van der Waals surface area contributed by atoms with Gasteiger partial charge in [-0.15, -0.1) is 0 Å². The van der Waals surface area contributed by atoms with Crippen LogP contribution in [-0.4, -0.2) is 33.6 Å². The number of hydrogen-bond donors (Lipinski definition) is 1. The molecule has 1 aliphatic rings. The van der Waals surface area contributed by atoms with E-state index in [1.165, 1.54) is 0 Å². The highest BCUT2D eigenvalue weighted by molar-refractivity contribution is 5.77. The van der Waals surface area contributed by atoms with Crippen molar-refractivity contribution in [3.63, 3.8) is 0 Å². The Morgan fingerprint density at radius 3 is 2.75 bits per heavy atom. The van der Waals surface area contributed by atoms with Gasteiger partial charge in [-0.05, 0) is 31.7 Å². The number of hydrogen-bond acceptors (Lipinski definition) is 4. The van der Waals surface area contributed by atoms with E-state index in [1.807, 2.05) is 17.9 Å². The molecule has 0 spiro atoms. The molecule has 5 nitrogen and oxygen atoms in total. The van der Waals surface area contributed by atoms with Gasteiger partial charge in [0.2, 0.25) is 5.95 Å². The highest BCUT2D eigenvalue weighted by Gasteiger charge is 2.29. The van der Waals surface area contributed by atoms with Gasteiger partial charge in [0, 0.05) is 17.9 Å². The summed E-state index contributed by atoms with van der Waals surface area (Å²) < 4.78 is 0. The molecule has 0 amide bonds. The SMILES string of the molecule is Cc1cc(C(C)C)nc(N2CCCCCC2C(=O)O)n1. The third-order valence-corrected chi connectivity index (χ3v) is 3.75. The molecular weight excluding hydrogens is 254 g/mol. The summed E-state index contributed by atoms with van der Waals surface area (Å²) in [7, 11) is 0. The minimum atomic E-state index is -0.775. The van der Waals surface area contributed by atoms with Gasteiger partial charge in [-0.3, -0.25) is 0 Å². The van der Waals surface area contributed by atoms with Crippen molar-refractivity contribution in [2.24, 2.45) is 0 Å². The summed E-state index contributed by atoms with van der Waals surface area (Å²) in [6.07, 6.45) is 3.70. The number of carboxylic acids is 1. The maximum Gasteiger partial charge on any atom is 0.326 e. The normalized spacial score (nSPS) is 20.0. The molecular formula is C15H23N3O2. The second-order valence-electron chi connectivity index (χ2n) is 5.79. The molecule has 1 atom stereocenters. The van der Waals surface area contributed by atoms with E-state index in [0.717, 1.165) is 37.2 Å². The summed E-state index contributed by atoms with van der Waals surface area (Å²) in [5, 5.41) is 9.45. The van der Waals surface area contributed by atoms with Gasteiger partial charge in [-0.25, -0.2) is 14.8 Å². The van der Waals surface area contributed by atoms with E-state index in [2.05, 4.69) is 23.8 Å². The molecule has 1 aromatic heterocycles. The molecule has 110 valence electrons. The van der Waals surface area contributed by atoms with Gasteiger partial charge in [0.05, 0.1) is 0 Å². The molecule has 0 bridgehead atoms. The molecule has 1 unspecified atom stereocenters. The minimum absolute atomic E-state index is 0.311. The zero-order valence-corrected chi connectivity index (χ0v) is 12.5. The Morgan fingerprint density at radius 2 is 2.10 bits per heavy atom. The average Bonchev–Trinajstić information content (AvgIpc) is 2.63. The van der Waals surface area contributed by atoms with E-state index in [4.69, 9.17) is 0 Å². The highest BCUT2D eigenvalue weighted by Crippen LogP contribution is 2.23. The lowest BCUT2D eigenvalue weighted by Crippen LogP contribution is -2.42. The minimum Gasteiger partial charge on any atom is -0.480 e. The number of carbonyl (C=O) groups is 1. The lowest BCUT2D eigenvalue weighted by atomic mass is 10.1. The fraction of sp³-hybridized carbons (Fsp3) is 0.667. The van der Waals surface area contributed by atoms with Crippen LogP contribution in [0.5, 0.6) is 0 Å². The highest BCUT2D eigenvalue weighted by atomic mass is 16.4. The van der Waals surface area contributed by atoms with Crippen LogP contribution >= 0.6 is 0 Å². The first-order valence-electron chi connectivity index (χ1n) is 7.34. The number of rotatable bonds is 3. The summed E-state index contributed by atoms with van der Waals surface area (Å²) in [5.74, 6) is 0.108. The first-order chi connectivity index (χ1) is 9.49. The van der Waals surface area contributed by atoms with Crippen LogP contribution in [0.4, 0.5) is 5.95 Å². The maximum atomic E-state index is 11.5. The first kappa shape index (κ1) is 14.8. The van der Waals surface area contributed by atoms with Gasteiger partial charge in [0.1, 0.15) is 6.04 Å². The third-order valence-electron chi connectivity index (χ3n) is 3.75. The topological polar surface area (TPSA) is 66.3 Å². The molecule has 1 aromatic rings. The Kier molecular flexibility index (Phi) is 4.57. The second-order valence-corrected chi connectivity index (χ2v) is 5.79. The smallest absolute Gasteiger partial charge is 0.326 e. The largest absolute Gasteiger partial charge is 0.480 e. The average molecular weight is 277 g/mol. The van der Waals surface area contributed by atoms with Crippen molar-refractivity contribution in [3.8, 4) is 0 Å². The van der Waals surface area contributed by atoms with Gasteiger partial charge in [0.25, 0.3) is 0 Å². The van der Waals surface area contributed by atoms with Crippen molar-refractivity contribution in [3.05, 3.63) is 17.5 Å². The Balaban J connectivity index is 2.38. The standard InChI is InChI=1S/C15H23N3O2/c1-10(2)12-9-11(3)16-15(17-12)18-8-6-4-5-7-13(18)14(19)20/h9-10,13H,4-8H2,1-3H3,(H,19,20). The molecule has 0 aromatic carbocycles. The number of nitrogens with zero attached hydrogens (tertiary/aromatic N) is 3. The van der Waals surface area contributed by atoms with Crippen molar-refractivity contribution in [2.75, 3.05) is 11.4 Å². The summed E-state index contributed by atoms with van der Waals surface area (Å²) >= 11 is 0. The monoisotopic (exact) mass is 277 g/mol. The van der Waals surface area contributed by atoms with Gasteiger partial charge < -0.3 is 10.0 Å². The third kappa shape index (κ3) is 3.26. The van der Waals surface area contributed by atoms with Crippen molar-refractivity contribution in [2.45, 2.75) is 58.4 Å². The second kappa shape index (κ2) is 6.20. The van der Waals surface area contributed by atoms with Gasteiger partial charge in [-0.1, -0.05) is 26.7 Å². The zero-order valence-electron chi connectivity index (χ0n) is 12.5. The number of aliphatic carboxylic acids is 1. The Hall–Kier alpha value is -1.65. The van der Waals surface area contributed by atoms with Crippen molar-refractivity contribution in [1.29, 1.82) is 0 Å². The molecule has 0 radical (unpaired) electrons. The molecule has 5 heteroatoms. The van der Waals surface area contributed by atoms with Crippen LogP contribution in [0.1, 0.15) is 56.8 Å². The van der Waals surface area contributed by atoms with Crippen LogP contribution in [0.3, 0.4) is 0 Å². The van der Waals surface area contributed by atoms with Gasteiger partial charge in [0.15, 0.2) is 0 Å². The lowest BCUT2D eigenvalue weighted by Gasteiger charge is -2.27. The number of aryl methyl sites for hydroxylation is 1. The predicted octanol–water partition coefficient (Wildman–Crippen LogP) is 2.74. The number of aromatic nitrogens is 2. The van der Waals surface area contributed by atoms with Crippen molar-refractivity contribution in [1.82, 2.24) is 9.97 Å². The van der Waals surface area contributed by atoms with E-state index >= 15 is 0 Å². The van der Waals surface area contributed by atoms with E-state index in [0.29, 0.717) is 18.3 Å². The van der Waals surface area contributed by atoms with Gasteiger partial charge >= 0.3 is 5.97 Å². The molecule has 1 saturated heterocycles. The zero-order chi connectivity index (χ0) is 14.7. The lowest BCUT2D eigenvalue weighted by molar-refractivity contribution is -0.138. The molecule has 2 rings (SSSR count). The summed E-state index contributed by atoms with van der Waals surface area (Å²) in [4.78, 5) is 22.4. The van der Waals surface area contributed by atoms with E-state index in [-0.39, 0.29) is 0 Å². The Morgan fingerprint density at radius 1 is 1.35 bits per heavy atom. The Labute approximate surface area is 120 Å². The fourth-order valence-electron chi connectivity index (χ4n) is 2.61. The number of carboxylic acid groups (broad SMARTS) is 1. The van der Waals surface area contributed by atoms with Crippen molar-refractivity contribution < 1.29 is 9.90 Å². The molecule has 1 aliphatic heterocycles. The van der Waals surface area contributed by atoms with Gasteiger partial charge in [-0.2, -0.15) is 0 Å². The quantitative estimate of drug-likeness (QED) is 0.920. The molecule has 0 saturated carbocycles. The van der Waals surface area contributed by atoms with Crippen LogP contribution in [-0.2, 0) is 4.79 Å². The molecule has 1 N–H and O–H groups in total. The molecule has 1 fully saturated rings. The summed E-state index contributed by atoms with van der Waals surface area (Å²) in [6.45, 7) is 6.83. The van der Waals surface area contributed by atoms with E-state index < -0.39 is 12.0 Å².